The average Bonchev–Trinajstić information content (AvgIpc) is 2.49. The van der Waals surface area contributed by atoms with E-state index >= 15 is 0 Å². The van der Waals surface area contributed by atoms with Gasteiger partial charge in [-0.3, -0.25) is 4.68 Å². The minimum atomic E-state index is -4.34. The number of hydrogen-bond donors (Lipinski definition) is 1. The van der Waals surface area contributed by atoms with E-state index in [9.17, 15) is 13.2 Å². The van der Waals surface area contributed by atoms with Crippen LogP contribution in [-0.2, 0) is 12.7 Å². The van der Waals surface area contributed by atoms with Gasteiger partial charge in [0.2, 0.25) is 0 Å². The number of nitrogens with two attached hydrogens (primary N) is 1. The lowest BCUT2D eigenvalue weighted by atomic mass is 9.87. The number of alkyl halides is 3. The van der Waals surface area contributed by atoms with Crippen molar-refractivity contribution in [2.75, 3.05) is 0 Å². The van der Waals surface area contributed by atoms with Crippen LogP contribution in [0.15, 0.2) is 12.4 Å². The number of aromatic nitrogens is 2. The fraction of sp³-hybridized carbons (Fsp3) is 0.700. The van der Waals surface area contributed by atoms with E-state index in [4.69, 9.17) is 5.73 Å². The molecular weight excluding hydrogens is 219 g/mol. The molecule has 0 aliphatic carbocycles. The molecule has 0 aliphatic rings. The van der Waals surface area contributed by atoms with Crippen LogP contribution < -0.4 is 5.73 Å². The molecule has 0 bridgehead atoms. The average molecular weight is 235 g/mol. The van der Waals surface area contributed by atoms with E-state index in [2.05, 4.69) is 5.10 Å². The Kier molecular flexibility index (Phi) is 3.33. The highest BCUT2D eigenvalue weighted by Crippen LogP contribution is 2.28. The molecule has 0 spiro atoms. The molecule has 0 saturated heterocycles. The summed E-state index contributed by atoms with van der Waals surface area (Å²) in [4.78, 5) is 0. The maximum Gasteiger partial charge on any atom is 0.419 e. The van der Waals surface area contributed by atoms with Crippen molar-refractivity contribution in [3.63, 3.8) is 0 Å². The Labute approximate surface area is 92.4 Å². The largest absolute Gasteiger partial charge is 0.419 e. The van der Waals surface area contributed by atoms with Crippen LogP contribution >= 0.6 is 0 Å². The molecule has 0 fully saturated rings. The first kappa shape index (κ1) is 13.0. The van der Waals surface area contributed by atoms with E-state index in [1.54, 1.807) is 0 Å². The van der Waals surface area contributed by atoms with Gasteiger partial charge >= 0.3 is 6.18 Å². The third-order valence-corrected chi connectivity index (χ3v) is 2.46. The molecule has 1 aromatic heterocycles. The number of halogens is 3. The van der Waals surface area contributed by atoms with Crippen molar-refractivity contribution >= 4 is 0 Å². The lowest BCUT2D eigenvalue weighted by Gasteiger charge is -2.26. The predicted octanol–water partition coefficient (Wildman–Crippen LogP) is 2.28. The van der Waals surface area contributed by atoms with Gasteiger partial charge in [-0.05, 0) is 5.41 Å². The molecule has 92 valence electrons. The number of nitrogens with zero attached hydrogens (tertiary/aromatic N) is 2. The third kappa shape index (κ3) is 3.23. The monoisotopic (exact) mass is 235 g/mol. The Morgan fingerprint density at radius 1 is 1.38 bits per heavy atom. The molecule has 2 N–H and O–H groups in total. The van der Waals surface area contributed by atoms with E-state index < -0.39 is 11.7 Å². The van der Waals surface area contributed by atoms with E-state index in [-0.39, 0.29) is 18.0 Å². The van der Waals surface area contributed by atoms with Crippen LogP contribution in [0, 0.1) is 5.41 Å². The highest BCUT2D eigenvalue weighted by Gasteiger charge is 2.32. The molecule has 1 heterocycles. The summed E-state index contributed by atoms with van der Waals surface area (Å²) in [5.74, 6) is 0. The minimum Gasteiger partial charge on any atom is -0.326 e. The lowest BCUT2D eigenvalue weighted by Crippen LogP contribution is -2.38. The van der Waals surface area contributed by atoms with Gasteiger partial charge in [-0.1, -0.05) is 20.8 Å². The summed E-state index contributed by atoms with van der Waals surface area (Å²) in [6.45, 7) is 6.09. The smallest absolute Gasteiger partial charge is 0.326 e. The summed E-state index contributed by atoms with van der Waals surface area (Å²) in [6, 6.07) is -0.242. The van der Waals surface area contributed by atoms with Gasteiger partial charge in [0, 0.05) is 12.2 Å². The van der Waals surface area contributed by atoms with E-state index in [1.165, 1.54) is 4.68 Å². The molecule has 6 heteroatoms. The molecule has 3 nitrogen and oxygen atoms in total. The standard InChI is InChI=1S/C10H16F3N3/c1-9(2,3)8(14)6-16-5-7(4-15-16)10(11,12)13/h4-5,8H,6,14H2,1-3H3. The minimum absolute atomic E-state index is 0.162. The molecule has 16 heavy (non-hydrogen) atoms. The molecular formula is C10H16F3N3. The summed E-state index contributed by atoms with van der Waals surface area (Å²) >= 11 is 0. The molecule has 1 unspecified atom stereocenters. The quantitative estimate of drug-likeness (QED) is 0.854. The summed E-state index contributed by atoms with van der Waals surface area (Å²) in [5, 5.41) is 3.65. The van der Waals surface area contributed by atoms with Gasteiger partial charge in [-0.25, -0.2) is 0 Å². The molecule has 1 atom stereocenters. The van der Waals surface area contributed by atoms with E-state index in [0.29, 0.717) is 0 Å². The zero-order valence-corrected chi connectivity index (χ0v) is 9.54. The predicted molar refractivity (Wildman–Crippen MR) is 54.7 cm³/mol. The Morgan fingerprint density at radius 3 is 2.31 bits per heavy atom. The van der Waals surface area contributed by atoms with Crippen molar-refractivity contribution in [3.05, 3.63) is 18.0 Å². The van der Waals surface area contributed by atoms with Gasteiger partial charge in [0.25, 0.3) is 0 Å². The van der Waals surface area contributed by atoms with Gasteiger partial charge in [0.15, 0.2) is 0 Å². The summed E-state index contributed by atoms with van der Waals surface area (Å²) < 4.78 is 38.1. The highest BCUT2D eigenvalue weighted by molar-refractivity contribution is 5.08. The molecule has 1 rings (SSSR count). The zero-order chi connectivity index (χ0) is 12.6. The van der Waals surface area contributed by atoms with Gasteiger partial charge in [0.05, 0.1) is 18.3 Å². The van der Waals surface area contributed by atoms with Gasteiger partial charge in [0.1, 0.15) is 0 Å². The van der Waals surface area contributed by atoms with Crippen LogP contribution in [0.2, 0.25) is 0 Å². The van der Waals surface area contributed by atoms with Crippen molar-refractivity contribution in [2.45, 2.75) is 39.5 Å². The number of hydrogen-bond acceptors (Lipinski definition) is 2. The van der Waals surface area contributed by atoms with Crippen molar-refractivity contribution < 1.29 is 13.2 Å². The molecule has 0 saturated carbocycles. The normalized spacial score (nSPS) is 15.2. The Morgan fingerprint density at radius 2 is 1.94 bits per heavy atom. The molecule has 1 aromatic rings. The van der Waals surface area contributed by atoms with Crippen LogP contribution in [0.5, 0.6) is 0 Å². The second kappa shape index (κ2) is 4.08. The summed E-state index contributed by atoms with van der Waals surface area (Å²) in [6.07, 6.45) is -2.55. The van der Waals surface area contributed by atoms with Crippen LogP contribution in [-0.4, -0.2) is 15.8 Å². The maximum atomic E-state index is 12.3. The van der Waals surface area contributed by atoms with E-state index in [1.807, 2.05) is 20.8 Å². The Bertz CT molecular complexity index is 349. The van der Waals surface area contributed by atoms with Crippen molar-refractivity contribution in [1.82, 2.24) is 9.78 Å². The first-order chi connectivity index (χ1) is 7.10. The SMILES string of the molecule is CC(C)(C)C(N)Cn1cc(C(F)(F)F)cn1. The second-order valence-corrected chi connectivity index (χ2v) is 4.92. The Hall–Kier alpha value is -1.04. The molecule has 0 aliphatic heterocycles. The lowest BCUT2D eigenvalue weighted by molar-refractivity contribution is -0.137. The van der Waals surface area contributed by atoms with Crippen LogP contribution in [0.1, 0.15) is 26.3 Å². The van der Waals surface area contributed by atoms with Crippen molar-refractivity contribution in [1.29, 1.82) is 0 Å². The van der Waals surface area contributed by atoms with Crippen LogP contribution in [0.25, 0.3) is 0 Å². The van der Waals surface area contributed by atoms with Crippen LogP contribution in [0.3, 0.4) is 0 Å². The van der Waals surface area contributed by atoms with Crippen molar-refractivity contribution in [2.24, 2.45) is 11.1 Å². The summed E-state index contributed by atoms with van der Waals surface area (Å²) in [5.41, 5.74) is 4.95. The fourth-order valence-electron chi connectivity index (χ4n) is 1.09. The number of rotatable bonds is 2. The molecule has 0 amide bonds. The van der Waals surface area contributed by atoms with Crippen LogP contribution in [0.4, 0.5) is 13.2 Å². The third-order valence-electron chi connectivity index (χ3n) is 2.46. The molecule has 0 radical (unpaired) electrons. The Balaban J connectivity index is 2.74. The first-order valence-corrected chi connectivity index (χ1v) is 4.96. The van der Waals surface area contributed by atoms with Gasteiger partial charge < -0.3 is 5.73 Å². The maximum absolute atomic E-state index is 12.3. The fourth-order valence-corrected chi connectivity index (χ4v) is 1.09. The summed E-state index contributed by atoms with van der Waals surface area (Å²) in [7, 11) is 0. The first-order valence-electron chi connectivity index (χ1n) is 4.96. The highest BCUT2D eigenvalue weighted by atomic mass is 19.4. The van der Waals surface area contributed by atoms with Gasteiger partial charge in [-0.15, -0.1) is 0 Å². The van der Waals surface area contributed by atoms with E-state index in [0.717, 1.165) is 12.4 Å². The molecule has 0 aromatic carbocycles. The topological polar surface area (TPSA) is 43.8 Å². The van der Waals surface area contributed by atoms with Gasteiger partial charge in [-0.2, -0.15) is 18.3 Å². The zero-order valence-electron chi connectivity index (χ0n) is 9.54. The van der Waals surface area contributed by atoms with Crippen molar-refractivity contribution in [3.8, 4) is 0 Å². The second-order valence-electron chi connectivity index (χ2n) is 4.92.